The fraction of sp³-hybridized carbons (Fsp3) is 0.900. The molecule has 1 aliphatic rings. The number of nitrogens with zero attached hydrogens (tertiary/aromatic N) is 1. The molecular weight excluding hydrogens is 166 g/mol. The lowest BCUT2D eigenvalue weighted by atomic mass is 9.68. The molecule has 0 aromatic carbocycles. The predicted octanol–water partition coefficient (Wildman–Crippen LogP) is 1.47. The van der Waals surface area contributed by atoms with E-state index < -0.39 is 5.60 Å². The first kappa shape index (κ1) is 10.5. The van der Waals surface area contributed by atoms with Gasteiger partial charge in [-0.2, -0.15) is 5.26 Å². The molecular formula is C10H17NO2. The van der Waals surface area contributed by atoms with Crippen molar-refractivity contribution in [3.63, 3.8) is 0 Å². The van der Waals surface area contributed by atoms with Gasteiger partial charge in [-0.1, -0.05) is 13.3 Å². The molecule has 1 fully saturated rings. The fourth-order valence-corrected chi connectivity index (χ4v) is 1.92. The first-order chi connectivity index (χ1) is 6.16. The third-order valence-electron chi connectivity index (χ3n) is 2.88. The Labute approximate surface area is 79.3 Å². The number of aliphatic hydroxyl groups is 1. The van der Waals surface area contributed by atoms with E-state index >= 15 is 0 Å². The van der Waals surface area contributed by atoms with Crippen molar-refractivity contribution in [2.75, 3.05) is 7.11 Å². The average Bonchev–Trinajstić information content (AvgIpc) is 2.08. The maximum atomic E-state index is 10.00. The molecule has 0 heterocycles. The van der Waals surface area contributed by atoms with Crippen LogP contribution in [0.2, 0.25) is 0 Å². The zero-order valence-corrected chi connectivity index (χ0v) is 8.29. The molecule has 0 aromatic rings. The van der Waals surface area contributed by atoms with Crippen molar-refractivity contribution in [1.29, 1.82) is 5.26 Å². The second-order valence-electron chi connectivity index (χ2n) is 3.84. The monoisotopic (exact) mass is 183 g/mol. The van der Waals surface area contributed by atoms with E-state index in [1.54, 1.807) is 7.11 Å². The van der Waals surface area contributed by atoms with Crippen LogP contribution in [0, 0.1) is 17.2 Å². The lowest BCUT2D eigenvalue weighted by Gasteiger charge is -2.45. The molecule has 13 heavy (non-hydrogen) atoms. The Morgan fingerprint density at radius 1 is 1.69 bits per heavy atom. The van der Waals surface area contributed by atoms with E-state index in [-0.39, 0.29) is 12.0 Å². The molecule has 0 saturated heterocycles. The Bertz CT molecular complexity index is 203. The van der Waals surface area contributed by atoms with Crippen LogP contribution in [-0.4, -0.2) is 23.9 Å². The predicted molar refractivity (Wildman–Crippen MR) is 49.0 cm³/mol. The average molecular weight is 183 g/mol. The molecule has 3 heteroatoms. The van der Waals surface area contributed by atoms with Gasteiger partial charge in [-0.25, -0.2) is 0 Å². The number of hydrogen-bond donors (Lipinski definition) is 1. The number of methoxy groups -OCH3 is 1. The number of nitriles is 1. The molecule has 3 nitrogen and oxygen atoms in total. The van der Waals surface area contributed by atoms with E-state index in [2.05, 4.69) is 6.07 Å². The van der Waals surface area contributed by atoms with E-state index in [0.29, 0.717) is 12.8 Å². The molecule has 1 atom stereocenters. The molecule has 0 amide bonds. The van der Waals surface area contributed by atoms with Crippen LogP contribution in [0.5, 0.6) is 0 Å². The summed E-state index contributed by atoms with van der Waals surface area (Å²) >= 11 is 0. The van der Waals surface area contributed by atoms with Crippen molar-refractivity contribution < 1.29 is 9.84 Å². The summed E-state index contributed by atoms with van der Waals surface area (Å²) in [7, 11) is 1.64. The third-order valence-corrected chi connectivity index (χ3v) is 2.88. The number of hydrogen-bond acceptors (Lipinski definition) is 3. The molecule has 0 spiro atoms. The highest BCUT2D eigenvalue weighted by Gasteiger charge is 2.48. The molecule has 1 N–H and O–H groups in total. The van der Waals surface area contributed by atoms with E-state index in [1.807, 2.05) is 6.92 Å². The minimum absolute atomic E-state index is 0.151. The Morgan fingerprint density at radius 3 is 2.69 bits per heavy atom. The van der Waals surface area contributed by atoms with Crippen molar-refractivity contribution in [2.45, 2.75) is 44.3 Å². The van der Waals surface area contributed by atoms with Gasteiger partial charge in [-0.05, 0) is 6.42 Å². The van der Waals surface area contributed by atoms with Gasteiger partial charge in [0, 0.05) is 20.0 Å². The topological polar surface area (TPSA) is 53.2 Å². The summed E-state index contributed by atoms with van der Waals surface area (Å²) in [6.45, 7) is 2.03. The van der Waals surface area contributed by atoms with Crippen LogP contribution >= 0.6 is 0 Å². The summed E-state index contributed by atoms with van der Waals surface area (Å²) < 4.78 is 5.08. The highest BCUT2D eigenvalue weighted by atomic mass is 16.5. The highest BCUT2D eigenvalue weighted by Crippen LogP contribution is 2.41. The Balaban J connectivity index is 2.47. The summed E-state index contributed by atoms with van der Waals surface area (Å²) in [6.07, 6.45) is 3.10. The smallest absolute Gasteiger partial charge is 0.0854 e. The van der Waals surface area contributed by atoms with Gasteiger partial charge in [0.1, 0.15) is 0 Å². The fourth-order valence-electron chi connectivity index (χ4n) is 1.92. The van der Waals surface area contributed by atoms with Gasteiger partial charge in [-0.15, -0.1) is 0 Å². The van der Waals surface area contributed by atoms with Crippen LogP contribution in [0.3, 0.4) is 0 Å². The van der Waals surface area contributed by atoms with Gasteiger partial charge in [0.25, 0.3) is 0 Å². The molecule has 1 rings (SSSR count). The maximum Gasteiger partial charge on any atom is 0.0854 e. The maximum absolute atomic E-state index is 10.00. The van der Waals surface area contributed by atoms with Crippen LogP contribution < -0.4 is 0 Å². The molecule has 0 aromatic heterocycles. The zero-order valence-electron chi connectivity index (χ0n) is 8.29. The minimum atomic E-state index is -0.772. The highest BCUT2D eigenvalue weighted by molar-refractivity contribution is 5.06. The second kappa shape index (κ2) is 4.08. The minimum Gasteiger partial charge on any atom is -0.388 e. The SMILES string of the molecule is CCCC(C#N)C1(O)CC(OC)C1. The Morgan fingerprint density at radius 2 is 2.31 bits per heavy atom. The van der Waals surface area contributed by atoms with E-state index in [0.717, 1.165) is 12.8 Å². The molecule has 1 unspecified atom stereocenters. The van der Waals surface area contributed by atoms with Crippen LogP contribution in [0.25, 0.3) is 0 Å². The zero-order chi connectivity index (χ0) is 9.90. The van der Waals surface area contributed by atoms with Gasteiger partial charge in [0.05, 0.1) is 23.7 Å². The standard InChI is InChI=1S/C10H17NO2/c1-3-4-8(7-11)10(12)5-9(6-10)13-2/h8-9,12H,3-6H2,1-2H3. The van der Waals surface area contributed by atoms with Gasteiger partial charge in [-0.3, -0.25) is 0 Å². The summed E-state index contributed by atoms with van der Waals surface area (Å²) in [5.41, 5.74) is -0.772. The quantitative estimate of drug-likeness (QED) is 0.718. The van der Waals surface area contributed by atoms with Crippen LogP contribution in [0.1, 0.15) is 32.6 Å². The van der Waals surface area contributed by atoms with Gasteiger partial charge < -0.3 is 9.84 Å². The number of ether oxygens (including phenoxy) is 1. The van der Waals surface area contributed by atoms with E-state index in [1.165, 1.54) is 0 Å². The van der Waals surface area contributed by atoms with E-state index in [9.17, 15) is 5.11 Å². The van der Waals surface area contributed by atoms with Crippen molar-refractivity contribution in [1.82, 2.24) is 0 Å². The number of rotatable bonds is 4. The molecule has 1 aliphatic carbocycles. The molecule has 1 saturated carbocycles. The van der Waals surface area contributed by atoms with Crippen molar-refractivity contribution in [3.8, 4) is 6.07 Å². The lowest BCUT2D eigenvalue weighted by Crippen LogP contribution is -2.52. The first-order valence-corrected chi connectivity index (χ1v) is 4.81. The normalized spacial score (nSPS) is 34.8. The second-order valence-corrected chi connectivity index (χ2v) is 3.84. The van der Waals surface area contributed by atoms with Crippen molar-refractivity contribution in [2.24, 2.45) is 5.92 Å². The summed E-state index contributed by atoms with van der Waals surface area (Å²) in [5.74, 6) is -0.219. The van der Waals surface area contributed by atoms with Crippen LogP contribution in [0.15, 0.2) is 0 Å². The molecule has 74 valence electrons. The van der Waals surface area contributed by atoms with Crippen molar-refractivity contribution in [3.05, 3.63) is 0 Å². The first-order valence-electron chi connectivity index (χ1n) is 4.81. The summed E-state index contributed by atoms with van der Waals surface area (Å²) in [6, 6.07) is 2.18. The van der Waals surface area contributed by atoms with Gasteiger partial charge in [0.2, 0.25) is 0 Å². The van der Waals surface area contributed by atoms with Crippen molar-refractivity contribution >= 4 is 0 Å². The van der Waals surface area contributed by atoms with Gasteiger partial charge in [0.15, 0.2) is 0 Å². The molecule has 0 radical (unpaired) electrons. The largest absolute Gasteiger partial charge is 0.388 e. The van der Waals surface area contributed by atoms with Crippen LogP contribution in [0.4, 0.5) is 0 Å². The third kappa shape index (κ3) is 2.01. The van der Waals surface area contributed by atoms with E-state index in [4.69, 9.17) is 10.00 Å². The van der Waals surface area contributed by atoms with Crippen LogP contribution in [-0.2, 0) is 4.74 Å². The Hall–Kier alpha value is -0.590. The van der Waals surface area contributed by atoms with Gasteiger partial charge >= 0.3 is 0 Å². The molecule has 0 bridgehead atoms. The lowest BCUT2D eigenvalue weighted by molar-refractivity contribution is -0.148. The molecule has 0 aliphatic heterocycles. The summed E-state index contributed by atoms with van der Waals surface area (Å²) in [5, 5.41) is 18.9. The Kier molecular flexibility index (Phi) is 3.29. The summed E-state index contributed by atoms with van der Waals surface area (Å²) in [4.78, 5) is 0.